The third kappa shape index (κ3) is 4.59. The molecule has 0 spiro atoms. The second-order valence-electron chi connectivity index (χ2n) is 8.74. The number of carboxylic acid groups (broad SMARTS) is 1. The van der Waals surface area contributed by atoms with E-state index in [9.17, 15) is 19.5 Å². The van der Waals surface area contributed by atoms with E-state index in [-0.39, 0.29) is 34.7 Å². The molecule has 1 atom stereocenters. The lowest BCUT2D eigenvalue weighted by Gasteiger charge is -2.20. The first kappa shape index (κ1) is 22.9. The highest BCUT2D eigenvalue weighted by Crippen LogP contribution is 2.44. The standard InChI is InChI=1S/C27H23ClN2O5/c28-21-10-5-11-22(23(21)26(32)33)29-25(31)24(15-12-13-15)30-27(34)35-14-20-18-8-3-1-6-16(18)17-7-2-4-9-19(17)20/h1-11,15,20,24H,12-14H2,(H,29,31)(H,30,34)(H,32,33). The van der Waals surface area contributed by atoms with Crippen LogP contribution in [0, 0.1) is 5.92 Å². The number of benzene rings is 3. The minimum absolute atomic E-state index is 0.0165. The van der Waals surface area contributed by atoms with Crippen LogP contribution in [0.5, 0.6) is 0 Å². The number of carbonyl (C=O) groups excluding carboxylic acids is 2. The van der Waals surface area contributed by atoms with E-state index in [1.165, 1.54) is 12.1 Å². The number of ether oxygens (including phenoxy) is 1. The summed E-state index contributed by atoms with van der Waals surface area (Å²) in [5.74, 6) is -1.89. The largest absolute Gasteiger partial charge is 0.478 e. The molecule has 5 rings (SSSR count). The Morgan fingerprint density at radius 1 is 0.943 bits per heavy atom. The zero-order valence-electron chi connectivity index (χ0n) is 18.7. The number of alkyl carbamates (subject to hydrolysis) is 1. The predicted molar refractivity (Wildman–Crippen MR) is 132 cm³/mol. The van der Waals surface area contributed by atoms with Gasteiger partial charge in [-0.05, 0) is 53.1 Å². The number of anilines is 1. The summed E-state index contributed by atoms with van der Waals surface area (Å²) in [6.45, 7) is 0.135. The molecule has 2 aliphatic carbocycles. The fraction of sp³-hybridized carbons (Fsp3) is 0.222. The van der Waals surface area contributed by atoms with E-state index < -0.39 is 24.0 Å². The highest BCUT2D eigenvalue weighted by atomic mass is 35.5. The van der Waals surface area contributed by atoms with Crippen LogP contribution in [-0.4, -0.2) is 35.7 Å². The van der Waals surface area contributed by atoms with Crippen LogP contribution in [0.25, 0.3) is 11.1 Å². The molecule has 3 aromatic carbocycles. The van der Waals surface area contributed by atoms with Crippen molar-refractivity contribution in [1.82, 2.24) is 5.32 Å². The molecule has 35 heavy (non-hydrogen) atoms. The summed E-state index contributed by atoms with van der Waals surface area (Å²) in [6.07, 6.45) is 0.870. The van der Waals surface area contributed by atoms with Crippen molar-refractivity contribution in [1.29, 1.82) is 0 Å². The molecular weight excluding hydrogens is 468 g/mol. The lowest BCUT2D eigenvalue weighted by molar-refractivity contribution is -0.118. The van der Waals surface area contributed by atoms with Crippen LogP contribution in [0.2, 0.25) is 5.02 Å². The van der Waals surface area contributed by atoms with Crippen molar-refractivity contribution in [3.05, 3.63) is 88.4 Å². The van der Waals surface area contributed by atoms with Crippen LogP contribution >= 0.6 is 11.6 Å². The maximum atomic E-state index is 13.0. The molecule has 2 amide bonds. The van der Waals surface area contributed by atoms with Crippen LogP contribution in [0.3, 0.4) is 0 Å². The van der Waals surface area contributed by atoms with E-state index in [1.807, 2.05) is 36.4 Å². The Morgan fingerprint density at radius 2 is 1.57 bits per heavy atom. The molecule has 0 saturated heterocycles. The third-order valence-corrected chi connectivity index (χ3v) is 6.79. The van der Waals surface area contributed by atoms with Crippen molar-refractivity contribution in [2.24, 2.45) is 5.92 Å². The normalized spacial score (nSPS) is 15.0. The van der Waals surface area contributed by atoms with Gasteiger partial charge in [-0.3, -0.25) is 4.79 Å². The molecule has 0 aromatic heterocycles. The number of hydrogen-bond acceptors (Lipinski definition) is 4. The number of carboxylic acids is 1. The number of amides is 2. The van der Waals surface area contributed by atoms with Crippen molar-refractivity contribution >= 4 is 35.3 Å². The van der Waals surface area contributed by atoms with Gasteiger partial charge < -0.3 is 20.5 Å². The van der Waals surface area contributed by atoms with Crippen LogP contribution in [0.1, 0.15) is 40.2 Å². The molecule has 0 bridgehead atoms. The molecule has 7 nitrogen and oxygen atoms in total. The number of hydrogen-bond donors (Lipinski definition) is 3. The number of halogens is 1. The van der Waals surface area contributed by atoms with Gasteiger partial charge in [-0.1, -0.05) is 66.2 Å². The van der Waals surface area contributed by atoms with Gasteiger partial charge in [0.2, 0.25) is 5.91 Å². The molecule has 2 aliphatic rings. The smallest absolute Gasteiger partial charge is 0.407 e. The number of rotatable bonds is 7. The molecule has 3 N–H and O–H groups in total. The lowest BCUT2D eigenvalue weighted by Crippen LogP contribution is -2.46. The summed E-state index contributed by atoms with van der Waals surface area (Å²) in [5.41, 5.74) is 4.33. The maximum absolute atomic E-state index is 13.0. The molecule has 3 aromatic rings. The number of carbonyl (C=O) groups is 3. The molecule has 0 heterocycles. The van der Waals surface area contributed by atoms with Crippen molar-refractivity contribution in [2.45, 2.75) is 24.8 Å². The highest BCUT2D eigenvalue weighted by molar-refractivity contribution is 6.34. The summed E-state index contributed by atoms with van der Waals surface area (Å²) in [4.78, 5) is 37.3. The van der Waals surface area contributed by atoms with E-state index in [0.717, 1.165) is 35.1 Å². The summed E-state index contributed by atoms with van der Waals surface area (Å²) in [5, 5.41) is 14.8. The molecule has 8 heteroatoms. The van der Waals surface area contributed by atoms with Gasteiger partial charge in [0.25, 0.3) is 0 Å². The quantitative estimate of drug-likeness (QED) is 0.417. The lowest BCUT2D eigenvalue weighted by atomic mass is 9.98. The first-order valence-electron chi connectivity index (χ1n) is 11.4. The van der Waals surface area contributed by atoms with Crippen molar-refractivity contribution in [3.8, 4) is 11.1 Å². The van der Waals surface area contributed by atoms with Gasteiger partial charge in [0.05, 0.1) is 10.7 Å². The Morgan fingerprint density at radius 3 is 2.17 bits per heavy atom. The Balaban J connectivity index is 1.27. The molecule has 178 valence electrons. The predicted octanol–water partition coefficient (Wildman–Crippen LogP) is 5.29. The second kappa shape index (κ2) is 9.43. The van der Waals surface area contributed by atoms with Crippen LogP contribution in [0.15, 0.2) is 66.7 Å². The van der Waals surface area contributed by atoms with Gasteiger partial charge in [0, 0.05) is 5.92 Å². The minimum Gasteiger partial charge on any atom is -0.478 e. The van der Waals surface area contributed by atoms with Gasteiger partial charge in [0.1, 0.15) is 18.2 Å². The summed E-state index contributed by atoms with van der Waals surface area (Å²) >= 11 is 6.00. The van der Waals surface area contributed by atoms with Gasteiger partial charge >= 0.3 is 12.1 Å². The van der Waals surface area contributed by atoms with E-state index in [1.54, 1.807) is 6.07 Å². The first-order chi connectivity index (χ1) is 16.9. The van der Waals surface area contributed by atoms with E-state index in [2.05, 4.69) is 22.8 Å². The minimum atomic E-state index is -1.25. The summed E-state index contributed by atoms with van der Waals surface area (Å²) in [7, 11) is 0. The monoisotopic (exact) mass is 490 g/mol. The van der Waals surface area contributed by atoms with Gasteiger partial charge in [-0.25, -0.2) is 9.59 Å². The van der Waals surface area contributed by atoms with E-state index in [4.69, 9.17) is 16.3 Å². The molecule has 1 saturated carbocycles. The Bertz CT molecular complexity index is 1270. The fourth-order valence-corrected chi connectivity index (χ4v) is 4.91. The zero-order valence-corrected chi connectivity index (χ0v) is 19.4. The molecule has 1 fully saturated rings. The van der Waals surface area contributed by atoms with Gasteiger partial charge in [-0.2, -0.15) is 0 Å². The van der Waals surface area contributed by atoms with E-state index >= 15 is 0 Å². The zero-order chi connectivity index (χ0) is 24.5. The van der Waals surface area contributed by atoms with Crippen molar-refractivity contribution < 1.29 is 24.2 Å². The van der Waals surface area contributed by atoms with Gasteiger partial charge in [0.15, 0.2) is 0 Å². The molecule has 0 radical (unpaired) electrons. The molecule has 1 unspecified atom stereocenters. The average Bonchev–Trinajstić information content (AvgIpc) is 3.63. The Hall–Kier alpha value is -3.84. The number of nitrogens with one attached hydrogen (secondary N) is 2. The van der Waals surface area contributed by atoms with Crippen molar-refractivity contribution in [2.75, 3.05) is 11.9 Å². The topological polar surface area (TPSA) is 105 Å². The van der Waals surface area contributed by atoms with Crippen LogP contribution < -0.4 is 10.6 Å². The Kier molecular flexibility index (Phi) is 6.17. The molecule has 0 aliphatic heterocycles. The fourth-order valence-electron chi connectivity index (χ4n) is 4.65. The van der Waals surface area contributed by atoms with Crippen LogP contribution in [-0.2, 0) is 9.53 Å². The molecular formula is C27H23ClN2O5. The maximum Gasteiger partial charge on any atom is 0.407 e. The second-order valence-corrected chi connectivity index (χ2v) is 9.15. The van der Waals surface area contributed by atoms with Gasteiger partial charge in [-0.15, -0.1) is 0 Å². The highest BCUT2D eigenvalue weighted by Gasteiger charge is 2.38. The average molecular weight is 491 g/mol. The summed E-state index contributed by atoms with van der Waals surface area (Å²) < 4.78 is 5.58. The van der Waals surface area contributed by atoms with Crippen LogP contribution in [0.4, 0.5) is 10.5 Å². The Labute approximate surface area is 207 Å². The number of aromatic carboxylic acids is 1. The van der Waals surface area contributed by atoms with E-state index in [0.29, 0.717) is 0 Å². The van der Waals surface area contributed by atoms with Crippen molar-refractivity contribution in [3.63, 3.8) is 0 Å². The first-order valence-corrected chi connectivity index (χ1v) is 11.8. The number of fused-ring (bicyclic) bond motifs is 3. The summed E-state index contributed by atoms with van der Waals surface area (Å²) in [6, 6.07) is 19.7. The third-order valence-electron chi connectivity index (χ3n) is 6.48. The SMILES string of the molecule is O=C(NC(C(=O)Nc1cccc(Cl)c1C(=O)O)C1CC1)OCC1c2ccccc2-c2ccccc21.